The van der Waals surface area contributed by atoms with Gasteiger partial charge in [-0.05, 0) is 78.2 Å². The van der Waals surface area contributed by atoms with Crippen LogP contribution in [0, 0.1) is 53.0 Å². The van der Waals surface area contributed by atoms with Crippen molar-refractivity contribution in [3.63, 3.8) is 0 Å². The Morgan fingerprint density at radius 2 is 1.85 bits per heavy atom. The van der Waals surface area contributed by atoms with E-state index in [0.717, 1.165) is 64.4 Å². The van der Waals surface area contributed by atoms with Crippen molar-refractivity contribution in [1.82, 2.24) is 14.9 Å². The lowest BCUT2D eigenvalue weighted by atomic mass is 9.65. The number of fused-ring (bicyclic) bond motifs is 4. The number of carbonyl (C=O) groups excluding carboxylic acids is 1. The second-order valence-electron chi connectivity index (χ2n) is 20.9. The zero-order chi connectivity index (χ0) is 46.3. The molecule has 4 aliphatic carbocycles. The van der Waals surface area contributed by atoms with Crippen LogP contribution in [0.1, 0.15) is 140 Å². The Hall–Kier alpha value is -4.57. The minimum atomic E-state index is -1.11. The molecule has 2 spiro atoms. The van der Waals surface area contributed by atoms with Gasteiger partial charge < -0.3 is 45.2 Å². The first-order valence-electron chi connectivity index (χ1n) is 24.9. The summed E-state index contributed by atoms with van der Waals surface area (Å²) >= 11 is 0. The van der Waals surface area contributed by atoms with Crippen molar-refractivity contribution in [3.05, 3.63) is 100 Å². The minimum absolute atomic E-state index is 0.0209. The first-order valence-corrected chi connectivity index (χ1v) is 27.4. The molecule has 354 valence electrons. The molecule has 10 bridgehead atoms. The number of phenols is 1. The summed E-state index contributed by atoms with van der Waals surface area (Å²) in [7, 11) is 3.37. The SMILES string of the molecule is N[C@@H]1NC[C@]23C=C[C@H]4c5c(ccc1c52)[C@@H](O)C#C[C@@H]1[C@H](Oc2c(cc(O)c(CCC(=O)C[C@H](O)[C@H]5C=C[C@@H](C6CCCCC6)C[C@H]5O)c2CSSC3)OC#CC12CCCC2)n1cc2[nH]cc4c2c1. The van der Waals surface area contributed by atoms with E-state index >= 15 is 0 Å². The molecule has 13 heteroatoms. The number of nitrogens with zero attached hydrogens (tertiary/aromatic N) is 1. The number of phenolic OH excluding ortho intramolecular Hbond substituents is 1. The Morgan fingerprint density at radius 1 is 1.01 bits per heavy atom. The van der Waals surface area contributed by atoms with Crippen molar-refractivity contribution in [2.45, 2.75) is 131 Å². The molecule has 0 unspecified atom stereocenters. The average Bonchev–Trinajstić information content (AvgIpc) is 4.10. The number of carbonyl (C=O) groups is 1. The number of aromatic hydroxyl groups is 1. The van der Waals surface area contributed by atoms with E-state index in [2.05, 4.69) is 81.6 Å². The quantitative estimate of drug-likeness (QED) is 0.0537. The number of aromatic amines is 1. The highest BCUT2D eigenvalue weighted by Gasteiger charge is 2.49. The van der Waals surface area contributed by atoms with E-state index in [1.54, 1.807) is 27.7 Å². The third kappa shape index (κ3) is 7.55. The molecule has 4 aromatic rings. The first-order chi connectivity index (χ1) is 33.1. The number of nitrogens with two attached hydrogens (primary N) is 1. The average molecular weight is 953 g/mol. The molecule has 0 radical (unpaired) electrons. The van der Waals surface area contributed by atoms with Crippen LogP contribution in [0.2, 0.25) is 0 Å². The predicted molar refractivity (Wildman–Crippen MR) is 265 cm³/mol. The van der Waals surface area contributed by atoms with E-state index < -0.39 is 47.2 Å². The summed E-state index contributed by atoms with van der Waals surface area (Å²) in [5, 5.41) is 51.7. The number of allylic oxidation sites excluding steroid dienone is 2. The van der Waals surface area contributed by atoms with Gasteiger partial charge in [-0.3, -0.25) is 10.1 Å². The van der Waals surface area contributed by atoms with Crippen molar-refractivity contribution in [1.29, 1.82) is 0 Å². The molecule has 2 aromatic carbocycles. The van der Waals surface area contributed by atoms with Gasteiger partial charge in [-0.25, -0.2) is 0 Å². The molecule has 68 heavy (non-hydrogen) atoms. The molecule has 9 aliphatic rings. The van der Waals surface area contributed by atoms with E-state index in [4.69, 9.17) is 15.2 Å². The van der Waals surface area contributed by atoms with Gasteiger partial charge in [-0.1, -0.05) is 108 Å². The van der Waals surface area contributed by atoms with Crippen LogP contribution in [-0.4, -0.2) is 60.3 Å². The lowest BCUT2D eigenvalue weighted by Gasteiger charge is -2.45. The van der Waals surface area contributed by atoms with Crippen LogP contribution < -0.4 is 20.5 Å². The maximum Gasteiger partial charge on any atom is 0.191 e. The van der Waals surface area contributed by atoms with Gasteiger partial charge in [0.25, 0.3) is 0 Å². The van der Waals surface area contributed by atoms with E-state index in [1.165, 1.54) is 32.1 Å². The number of rotatable bonds is 7. The molecular weight excluding hydrogens is 893 g/mol. The molecule has 8 N–H and O–H groups in total. The van der Waals surface area contributed by atoms with Gasteiger partial charge in [0.05, 0.1) is 35.2 Å². The molecule has 10 atom stereocenters. The van der Waals surface area contributed by atoms with E-state index in [1.807, 2.05) is 12.1 Å². The molecule has 0 saturated heterocycles. The van der Waals surface area contributed by atoms with Gasteiger partial charge >= 0.3 is 0 Å². The molecule has 5 aliphatic heterocycles. The van der Waals surface area contributed by atoms with Crippen LogP contribution in [0.25, 0.3) is 10.9 Å². The maximum absolute atomic E-state index is 13.9. The van der Waals surface area contributed by atoms with E-state index in [9.17, 15) is 25.2 Å². The Bertz CT molecular complexity index is 2850. The van der Waals surface area contributed by atoms with Crippen molar-refractivity contribution < 1.29 is 34.7 Å². The fourth-order valence-electron chi connectivity index (χ4n) is 13.3. The number of aliphatic hydroxyl groups is 3. The number of H-pyrrole nitrogens is 1. The fraction of sp³-hybridized carbons (Fsp3) is 0.509. The molecule has 11 nitrogen and oxygen atoms in total. The Balaban J connectivity index is 0.955. The van der Waals surface area contributed by atoms with Crippen LogP contribution in [0.3, 0.4) is 0 Å². The summed E-state index contributed by atoms with van der Waals surface area (Å²) in [6, 6.07) is 5.65. The van der Waals surface area contributed by atoms with Crippen molar-refractivity contribution >= 4 is 38.3 Å². The smallest absolute Gasteiger partial charge is 0.191 e. The second kappa shape index (κ2) is 17.7. The second-order valence-corrected chi connectivity index (χ2v) is 23.3. The van der Waals surface area contributed by atoms with Gasteiger partial charge in [-0.2, -0.15) is 0 Å². The summed E-state index contributed by atoms with van der Waals surface area (Å²) < 4.78 is 15.9. The number of ketones is 1. The van der Waals surface area contributed by atoms with Crippen molar-refractivity contribution in [3.8, 4) is 41.1 Å². The molecular formula is C55H60N4O7S2. The van der Waals surface area contributed by atoms with Gasteiger partial charge in [-0.15, -0.1) is 0 Å². The highest BCUT2D eigenvalue weighted by Crippen LogP contribution is 2.55. The molecule has 7 heterocycles. The Kier molecular flexibility index (Phi) is 11.6. The number of ether oxygens (including phenoxy) is 2. The molecule has 13 rings (SSSR count). The predicted octanol–water partition coefficient (Wildman–Crippen LogP) is 8.61. The zero-order valence-corrected chi connectivity index (χ0v) is 39.8. The third-order valence-corrected chi connectivity index (χ3v) is 19.4. The zero-order valence-electron chi connectivity index (χ0n) is 38.2. The van der Waals surface area contributed by atoms with Gasteiger partial charge in [0, 0.05) is 89.3 Å². The summed E-state index contributed by atoms with van der Waals surface area (Å²) in [4.78, 5) is 17.5. The number of aromatic nitrogens is 2. The summed E-state index contributed by atoms with van der Waals surface area (Å²) in [5.41, 5.74) is 13.1. The number of benzene rings is 2. The Labute approximate surface area is 405 Å². The Morgan fingerprint density at radius 3 is 2.69 bits per heavy atom. The van der Waals surface area contributed by atoms with Crippen LogP contribution in [0.4, 0.5) is 0 Å². The van der Waals surface area contributed by atoms with Gasteiger partial charge in [0.1, 0.15) is 23.7 Å². The number of Topliss-reactive ketones (excluding diaryl/α,β-unsaturated/α-hetero) is 1. The summed E-state index contributed by atoms with van der Waals surface area (Å²) in [6.07, 6.45) is 24.5. The highest BCUT2D eigenvalue weighted by molar-refractivity contribution is 8.76. The minimum Gasteiger partial charge on any atom is -0.508 e. The standard InChI is InChI=1S/C55H60N4O7S2/c56-52-38-13-12-37-44(61)15-14-42-53-59-26-40-39(25-57-43(40)27-59)35-16-19-55(29-58-52,50(38)49(35)37)30-68-67-28-41-34(47(64)24-48(51(41)66-53)65-21-20-54(42)17-4-5-18-54)11-9-33(60)23-46(63)36-10-8-32(22-45(36)62)31-6-2-1-3-7-31/h8,10,12-13,16,19,24-27,31-32,35-36,42,44-46,52-53,57-58,61-64H,1-7,9,11,17-18,22-23,28-30,56H2/t32-,35-,36+,42-,44+,45-,46+,52-,53+,55+/m1/s1. The number of aliphatic hydroxyl groups excluding tert-OH is 3. The lowest BCUT2D eigenvalue weighted by Crippen LogP contribution is -2.50. The monoisotopic (exact) mass is 952 g/mol. The van der Waals surface area contributed by atoms with Crippen molar-refractivity contribution in [2.24, 2.45) is 34.8 Å². The van der Waals surface area contributed by atoms with E-state index in [0.29, 0.717) is 53.2 Å². The normalized spacial score (nSPS) is 31.4. The molecule has 2 fully saturated rings. The summed E-state index contributed by atoms with van der Waals surface area (Å²) in [6.45, 7) is 0.602. The van der Waals surface area contributed by atoms with E-state index in [-0.39, 0.29) is 48.6 Å². The summed E-state index contributed by atoms with van der Waals surface area (Å²) in [5.74, 6) is 11.9. The lowest BCUT2D eigenvalue weighted by molar-refractivity contribution is -0.122. The van der Waals surface area contributed by atoms with Crippen LogP contribution in [0.5, 0.6) is 17.2 Å². The first kappa shape index (κ1) is 44.6. The number of hydrogen-bond donors (Lipinski definition) is 7. The van der Waals surface area contributed by atoms with Gasteiger partial charge in [0.15, 0.2) is 17.7 Å². The van der Waals surface area contributed by atoms with Crippen LogP contribution in [-0.2, 0) is 22.4 Å². The molecule has 2 saturated carbocycles. The molecule has 2 aromatic heterocycles. The largest absolute Gasteiger partial charge is 0.508 e. The third-order valence-electron chi connectivity index (χ3n) is 17.0. The molecule has 0 amide bonds. The fourth-order valence-corrected chi connectivity index (χ4v) is 16.0. The topological polar surface area (TPSA) is 175 Å². The van der Waals surface area contributed by atoms with Gasteiger partial charge in [0.2, 0.25) is 0 Å². The van der Waals surface area contributed by atoms with Crippen molar-refractivity contribution in [2.75, 3.05) is 12.3 Å². The number of nitrogens with one attached hydrogen (secondary N) is 2. The highest BCUT2D eigenvalue weighted by atomic mass is 33.1. The number of hydrogen-bond acceptors (Lipinski definition) is 11. The van der Waals surface area contributed by atoms with Crippen LogP contribution >= 0.6 is 21.6 Å². The maximum atomic E-state index is 13.9. The van der Waals surface area contributed by atoms with Crippen LogP contribution in [0.15, 0.2) is 61.1 Å².